The molecule has 0 spiro atoms. The van der Waals surface area contributed by atoms with Crippen LogP contribution in [-0.2, 0) is 12.8 Å². The third-order valence-electron chi connectivity index (χ3n) is 4.35. The maximum Gasteiger partial charge on any atom is 0.133 e. The normalized spacial score (nSPS) is 13.0. The second kappa shape index (κ2) is 5.54. The summed E-state index contributed by atoms with van der Waals surface area (Å²) < 4.78 is 15.6. The molecule has 4 heteroatoms. The summed E-state index contributed by atoms with van der Waals surface area (Å²) in [6, 6.07) is 15.0. The van der Waals surface area contributed by atoms with E-state index in [1.54, 1.807) is 12.1 Å². The molecule has 0 aliphatic carbocycles. The van der Waals surface area contributed by atoms with Gasteiger partial charge in [0.05, 0.1) is 11.4 Å². The van der Waals surface area contributed by atoms with Crippen molar-refractivity contribution < 1.29 is 4.39 Å². The largest absolute Gasteiger partial charge is 0.369 e. The Bertz CT molecular complexity index is 867. The summed E-state index contributed by atoms with van der Waals surface area (Å²) in [5, 5.41) is 8.24. The number of rotatable bonds is 3. The van der Waals surface area contributed by atoms with E-state index in [0.29, 0.717) is 0 Å². The highest BCUT2D eigenvalue weighted by molar-refractivity contribution is 5.73. The van der Waals surface area contributed by atoms with Crippen molar-refractivity contribution >= 4 is 5.82 Å². The average Bonchev–Trinajstić information content (AvgIpc) is 3.17. The van der Waals surface area contributed by atoms with Crippen molar-refractivity contribution in [3.63, 3.8) is 0 Å². The van der Waals surface area contributed by atoms with Gasteiger partial charge in [-0.15, -0.1) is 0 Å². The van der Waals surface area contributed by atoms with Gasteiger partial charge in [-0.05, 0) is 36.6 Å². The summed E-state index contributed by atoms with van der Waals surface area (Å²) >= 11 is 0. The van der Waals surface area contributed by atoms with Gasteiger partial charge < -0.3 is 5.32 Å². The van der Waals surface area contributed by atoms with E-state index in [-0.39, 0.29) is 5.82 Å². The van der Waals surface area contributed by atoms with E-state index in [2.05, 4.69) is 24.4 Å². The van der Waals surface area contributed by atoms with Gasteiger partial charge in [0, 0.05) is 17.7 Å². The summed E-state index contributed by atoms with van der Waals surface area (Å²) in [5.74, 6) is 0.802. The van der Waals surface area contributed by atoms with Crippen molar-refractivity contribution in [3.8, 4) is 16.9 Å². The van der Waals surface area contributed by atoms with Crippen molar-refractivity contribution in [1.82, 2.24) is 9.78 Å². The fourth-order valence-corrected chi connectivity index (χ4v) is 3.23. The molecule has 0 amide bonds. The second-order valence-corrected chi connectivity index (χ2v) is 5.76. The molecule has 0 radical (unpaired) electrons. The Hall–Kier alpha value is -2.62. The molecule has 1 aromatic heterocycles. The van der Waals surface area contributed by atoms with Crippen LogP contribution in [0.5, 0.6) is 0 Å². The van der Waals surface area contributed by atoms with E-state index < -0.39 is 0 Å². The molecule has 3 aromatic rings. The van der Waals surface area contributed by atoms with Gasteiger partial charge in [0.2, 0.25) is 0 Å². The standard InChI is InChI=1S/C19H18FN3/c1-2-13-6-3-4-9-17(13)23-19-16(10-11-21-19)18(22-23)14-7-5-8-15(20)12-14/h3-9,12,21H,2,10-11H2,1H3. The summed E-state index contributed by atoms with van der Waals surface area (Å²) in [7, 11) is 0. The number of nitrogens with one attached hydrogen (secondary N) is 1. The number of benzene rings is 2. The number of para-hydroxylation sites is 1. The zero-order valence-corrected chi connectivity index (χ0v) is 13.0. The molecule has 0 saturated carbocycles. The lowest BCUT2D eigenvalue weighted by Gasteiger charge is -2.10. The highest BCUT2D eigenvalue weighted by Crippen LogP contribution is 2.35. The van der Waals surface area contributed by atoms with Crippen LogP contribution < -0.4 is 5.32 Å². The number of halogens is 1. The Labute approximate surface area is 134 Å². The van der Waals surface area contributed by atoms with Gasteiger partial charge in [0.25, 0.3) is 0 Å². The molecule has 3 nitrogen and oxygen atoms in total. The lowest BCUT2D eigenvalue weighted by molar-refractivity contribution is 0.628. The van der Waals surface area contributed by atoms with Gasteiger partial charge in [0.1, 0.15) is 11.6 Å². The predicted molar refractivity (Wildman–Crippen MR) is 90.5 cm³/mol. The quantitative estimate of drug-likeness (QED) is 0.785. The van der Waals surface area contributed by atoms with Crippen LogP contribution in [0.25, 0.3) is 16.9 Å². The third-order valence-corrected chi connectivity index (χ3v) is 4.35. The lowest BCUT2D eigenvalue weighted by Crippen LogP contribution is -2.06. The van der Waals surface area contributed by atoms with Gasteiger partial charge in [-0.3, -0.25) is 0 Å². The van der Waals surface area contributed by atoms with Crippen molar-refractivity contribution in [2.45, 2.75) is 19.8 Å². The number of nitrogens with zero attached hydrogens (tertiary/aromatic N) is 2. The molecule has 116 valence electrons. The van der Waals surface area contributed by atoms with Gasteiger partial charge >= 0.3 is 0 Å². The predicted octanol–water partition coefficient (Wildman–Crippen LogP) is 4.21. The first-order chi connectivity index (χ1) is 11.3. The SMILES string of the molecule is CCc1ccccc1-n1nc(-c2cccc(F)c2)c2c1NCC2. The molecule has 0 unspecified atom stereocenters. The van der Waals surface area contributed by atoms with Gasteiger partial charge in [-0.1, -0.05) is 37.3 Å². The van der Waals surface area contributed by atoms with Crippen molar-refractivity contribution in [2.75, 3.05) is 11.9 Å². The summed E-state index contributed by atoms with van der Waals surface area (Å²) in [6.45, 7) is 3.03. The van der Waals surface area contributed by atoms with Crippen LogP contribution in [0.4, 0.5) is 10.2 Å². The molecular weight excluding hydrogens is 289 g/mol. The summed E-state index contributed by atoms with van der Waals surface area (Å²) in [6.07, 6.45) is 1.86. The van der Waals surface area contributed by atoms with Crippen LogP contribution in [0.2, 0.25) is 0 Å². The fourth-order valence-electron chi connectivity index (χ4n) is 3.23. The number of aryl methyl sites for hydroxylation is 1. The van der Waals surface area contributed by atoms with E-state index in [0.717, 1.165) is 42.1 Å². The number of aromatic nitrogens is 2. The number of fused-ring (bicyclic) bond motifs is 1. The molecule has 23 heavy (non-hydrogen) atoms. The first-order valence-corrected chi connectivity index (χ1v) is 7.98. The van der Waals surface area contributed by atoms with Gasteiger partial charge in [-0.2, -0.15) is 5.10 Å². The molecule has 2 heterocycles. The molecule has 1 aliphatic rings. The Kier molecular flexibility index (Phi) is 3.37. The zero-order valence-electron chi connectivity index (χ0n) is 13.0. The van der Waals surface area contributed by atoms with Crippen molar-refractivity contribution in [3.05, 3.63) is 65.5 Å². The second-order valence-electron chi connectivity index (χ2n) is 5.76. The van der Waals surface area contributed by atoms with Crippen LogP contribution in [-0.4, -0.2) is 16.3 Å². The van der Waals surface area contributed by atoms with E-state index >= 15 is 0 Å². The fraction of sp³-hybridized carbons (Fsp3) is 0.211. The van der Waals surface area contributed by atoms with E-state index in [1.807, 2.05) is 22.9 Å². The number of hydrogen-bond donors (Lipinski definition) is 1. The summed E-state index contributed by atoms with van der Waals surface area (Å²) in [5.41, 5.74) is 5.20. The van der Waals surface area contributed by atoms with Crippen LogP contribution in [0, 0.1) is 5.82 Å². The highest BCUT2D eigenvalue weighted by Gasteiger charge is 2.24. The number of hydrogen-bond acceptors (Lipinski definition) is 2. The molecule has 0 bridgehead atoms. The van der Waals surface area contributed by atoms with Crippen molar-refractivity contribution in [1.29, 1.82) is 0 Å². The Morgan fingerprint density at radius 1 is 1.17 bits per heavy atom. The molecule has 1 N–H and O–H groups in total. The minimum atomic E-state index is -0.231. The van der Waals surface area contributed by atoms with Crippen LogP contribution in [0.3, 0.4) is 0 Å². The summed E-state index contributed by atoms with van der Waals surface area (Å²) in [4.78, 5) is 0. The van der Waals surface area contributed by atoms with Crippen molar-refractivity contribution in [2.24, 2.45) is 0 Å². The maximum absolute atomic E-state index is 13.6. The minimum absolute atomic E-state index is 0.231. The Balaban J connectivity index is 1.92. The smallest absolute Gasteiger partial charge is 0.133 e. The van der Waals surface area contributed by atoms with Crippen LogP contribution in [0.15, 0.2) is 48.5 Å². The van der Waals surface area contributed by atoms with E-state index in [1.165, 1.54) is 17.2 Å². The Morgan fingerprint density at radius 3 is 2.87 bits per heavy atom. The molecular formula is C19H18FN3. The van der Waals surface area contributed by atoms with E-state index in [4.69, 9.17) is 5.10 Å². The van der Waals surface area contributed by atoms with Crippen LogP contribution in [0.1, 0.15) is 18.1 Å². The van der Waals surface area contributed by atoms with Gasteiger partial charge in [-0.25, -0.2) is 9.07 Å². The molecule has 0 saturated heterocycles. The maximum atomic E-state index is 13.6. The zero-order chi connectivity index (χ0) is 15.8. The van der Waals surface area contributed by atoms with Gasteiger partial charge in [0.15, 0.2) is 0 Å². The average molecular weight is 307 g/mol. The molecule has 0 fully saturated rings. The molecule has 0 atom stereocenters. The lowest BCUT2D eigenvalue weighted by atomic mass is 10.1. The monoisotopic (exact) mass is 307 g/mol. The molecule has 4 rings (SSSR count). The van der Waals surface area contributed by atoms with Crippen LogP contribution >= 0.6 is 0 Å². The molecule has 2 aromatic carbocycles. The molecule has 1 aliphatic heterocycles. The topological polar surface area (TPSA) is 29.9 Å². The van der Waals surface area contributed by atoms with E-state index in [9.17, 15) is 4.39 Å². The first kappa shape index (κ1) is 14.0. The minimum Gasteiger partial charge on any atom is -0.369 e. The number of anilines is 1. The highest BCUT2D eigenvalue weighted by atomic mass is 19.1. The third kappa shape index (κ3) is 2.31. The Morgan fingerprint density at radius 2 is 2.04 bits per heavy atom. The first-order valence-electron chi connectivity index (χ1n) is 7.98.